The number of nitrogens with zero attached hydrogens (tertiary/aromatic N) is 2. The number of phenols is 1. The van der Waals surface area contributed by atoms with Crippen LogP contribution in [0.3, 0.4) is 0 Å². The Hall–Kier alpha value is -4.12. The summed E-state index contributed by atoms with van der Waals surface area (Å²) in [4.78, 5) is 0. The molecule has 0 saturated heterocycles. The quantitative estimate of drug-likeness (QED) is 0.375. The van der Waals surface area contributed by atoms with Crippen LogP contribution in [-0.2, 0) is 6.42 Å². The lowest BCUT2D eigenvalue weighted by molar-refractivity contribution is 0.310. The largest absolute Gasteiger partial charge is 0.507 e. The lowest BCUT2D eigenvalue weighted by Gasteiger charge is -2.14. The summed E-state index contributed by atoms with van der Waals surface area (Å²) < 4.78 is 11.4. The zero-order valence-corrected chi connectivity index (χ0v) is 17.7. The predicted octanol–water partition coefficient (Wildman–Crippen LogP) is 5.79. The number of benzene rings is 4. The molecule has 0 aliphatic heterocycles. The Morgan fingerprint density at radius 1 is 0.781 bits per heavy atom. The molecule has 0 aliphatic rings. The van der Waals surface area contributed by atoms with Gasteiger partial charge in [-0.15, -0.1) is 10.2 Å². The molecule has 0 saturated carbocycles. The zero-order valence-electron chi connectivity index (χ0n) is 17.7. The normalized spacial score (nSPS) is 11.0. The molecule has 0 unspecified atom stereocenters. The molecular formula is C27H22N2O3. The highest BCUT2D eigenvalue weighted by Gasteiger charge is 2.18. The third kappa shape index (κ3) is 3.69. The number of phenolic OH excluding ortho intramolecular Hbond substituents is 1. The first-order valence-corrected chi connectivity index (χ1v) is 10.5. The number of rotatable bonds is 6. The van der Waals surface area contributed by atoms with Gasteiger partial charge in [-0.25, -0.2) is 0 Å². The fourth-order valence-electron chi connectivity index (χ4n) is 3.94. The Balaban J connectivity index is 1.58. The Kier molecular flexibility index (Phi) is 5.30. The Morgan fingerprint density at radius 3 is 2.34 bits per heavy atom. The maximum Gasteiger partial charge on any atom is 0.241 e. The molecular weight excluding hydrogens is 400 g/mol. The summed E-state index contributed by atoms with van der Waals surface area (Å²) in [6.07, 6.45) is 0.780. The number of hydrogen-bond acceptors (Lipinski definition) is 5. The van der Waals surface area contributed by atoms with Crippen molar-refractivity contribution in [1.82, 2.24) is 10.2 Å². The van der Waals surface area contributed by atoms with E-state index in [1.807, 2.05) is 66.7 Å². The van der Waals surface area contributed by atoms with Crippen LogP contribution in [0.2, 0.25) is 0 Å². The number of methoxy groups -OCH3 is 1. The van der Waals surface area contributed by atoms with E-state index >= 15 is 0 Å². The topological polar surface area (TPSA) is 64.5 Å². The monoisotopic (exact) mass is 422 g/mol. The van der Waals surface area contributed by atoms with Crippen molar-refractivity contribution in [1.29, 1.82) is 0 Å². The van der Waals surface area contributed by atoms with Gasteiger partial charge in [-0.05, 0) is 40.6 Å². The van der Waals surface area contributed by atoms with Gasteiger partial charge in [0.2, 0.25) is 5.88 Å². The smallest absolute Gasteiger partial charge is 0.241 e. The van der Waals surface area contributed by atoms with Crippen LogP contribution in [0, 0.1) is 0 Å². The fourth-order valence-corrected chi connectivity index (χ4v) is 3.94. The van der Waals surface area contributed by atoms with Gasteiger partial charge in [-0.1, -0.05) is 60.7 Å². The van der Waals surface area contributed by atoms with E-state index in [0.717, 1.165) is 28.0 Å². The average molecular weight is 422 g/mol. The second kappa shape index (κ2) is 8.55. The van der Waals surface area contributed by atoms with Crippen molar-refractivity contribution in [2.24, 2.45) is 0 Å². The highest BCUT2D eigenvalue weighted by Crippen LogP contribution is 2.40. The second-order valence-electron chi connectivity index (χ2n) is 7.53. The van der Waals surface area contributed by atoms with Crippen LogP contribution >= 0.6 is 0 Å². The van der Waals surface area contributed by atoms with Crippen LogP contribution in [-0.4, -0.2) is 29.0 Å². The molecule has 0 fully saturated rings. The van der Waals surface area contributed by atoms with E-state index in [1.165, 1.54) is 5.56 Å². The molecule has 0 amide bonds. The number of aromatic nitrogens is 2. The number of aromatic hydroxyl groups is 1. The highest BCUT2D eigenvalue weighted by atomic mass is 16.5. The molecule has 0 atom stereocenters. The van der Waals surface area contributed by atoms with Gasteiger partial charge >= 0.3 is 0 Å². The van der Waals surface area contributed by atoms with E-state index in [0.29, 0.717) is 29.5 Å². The third-order valence-electron chi connectivity index (χ3n) is 5.57. The van der Waals surface area contributed by atoms with Gasteiger partial charge in [-0.2, -0.15) is 0 Å². The number of hydrogen-bond donors (Lipinski definition) is 1. The fraction of sp³-hybridized carbons (Fsp3) is 0.111. The minimum Gasteiger partial charge on any atom is -0.507 e. The SMILES string of the molecule is COc1ccc2ccc(O)c(-c3nnc(OCCc4ccccc4)c4ccccc34)c2c1. The van der Waals surface area contributed by atoms with Crippen molar-refractivity contribution in [2.45, 2.75) is 6.42 Å². The molecule has 5 aromatic rings. The zero-order chi connectivity index (χ0) is 21.9. The summed E-state index contributed by atoms with van der Waals surface area (Å²) in [7, 11) is 1.63. The first-order valence-electron chi connectivity index (χ1n) is 10.5. The van der Waals surface area contributed by atoms with Gasteiger partial charge in [0.25, 0.3) is 0 Å². The van der Waals surface area contributed by atoms with Crippen molar-refractivity contribution in [3.05, 3.63) is 90.5 Å². The van der Waals surface area contributed by atoms with Gasteiger partial charge in [0.1, 0.15) is 17.2 Å². The van der Waals surface area contributed by atoms with Gasteiger partial charge in [0.05, 0.1) is 19.3 Å². The first kappa shape index (κ1) is 19.8. The van der Waals surface area contributed by atoms with Crippen molar-refractivity contribution in [3.8, 4) is 28.6 Å². The van der Waals surface area contributed by atoms with Crippen molar-refractivity contribution in [2.75, 3.05) is 13.7 Å². The average Bonchev–Trinajstić information content (AvgIpc) is 2.85. The van der Waals surface area contributed by atoms with Crippen molar-refractivity contribution in [3.63, 3.8) is 0 Å². The van der Waals surface area contributed by atoms with Gasteiger partial charge in [0.15, 0.2) is 0 Å². The maximum atomic E-state index is 10.8. The van der Waals surface area contributed by atoms with Crippen LogP contribution < -0.4 is 9.47 Å². The first-order chi connectivity index (χ1) is 15.7. The maximum absolute atomic E-state index is 10.8. The van der Waals surface area contributed by atoms with Crippen LogP contribution in [0.4, 0.5) is 0 Å². The standard InChI is InChI=1S/C27H22N2O3/c1-31-20-13-11-19-12-14-24(30)25(23(19)17-20)26-21-9-5-6-10-22(21)27(29-28-26)32-16-15-18-7-3-2-4-8-18/h2-14,17,30H,15-16H2,1H3. The Morgan fingerprint density at radius 2 is 1.53 bits per heavy atom. The summed E-state index contributed by atoms with van der Waals surface area (Å²) in [5.74, 6) is 1.34. The van der Waals surface area contributed by atoms with Crippen molar-refractivity contribution < 1.29 is 14.6 Å². The van der Waals surface area contributed by atoms with E-state index in [1.54, 1.807) is 13.2 Å². The summed E-state index contributed by atoms with van der Waals surface area (Å²) >= 11 is 0. The third-order valence-corrected chi connectivity index (χ3v) is 5.57. The number of ether oxygens (including phenoxy) is 2. The van der Waals surface area contributed by atoms with E-state index < -0.39 is 0 Å². The van der Waals surface area contributed by atoms with Gasteiger partial charge in [-0.3, -0.25) is 0 Å². The van der Waals surface area contributed by atoms with Gasteiger partial charge in [0, 0.05) is 17.2 Å². The lowest BCUT2D eigenvalue weighted by atomic mass is 9.97. The minimum absolute atomic E-state index is 0.142. The molecule has 1 N–H and O–H groups in total. The number of fused-ring (bicyclic) bond motifs is 2. The molecule has 4 aromatic carbocycles. The Bertz CT molecular complexity index is 1400. The van der Waals surface area contributed by atoms with Crippen LogP contribution in [0.5, 0.6) is 17.4 Å². The molecule has 32 heavy (non-hydrogen) atoms. The van der Waals surface area contributed by atoms with E-state index in [2.05, 4.69) is 22.3 Å². The second-order valence-corrected chi connectivity index (χ2v) is 7.53. The van der Waals surface area contributed by atoms with Crippen LogP contribution in [0.1, 0.15) is 5.56 Å². The van der Waals surface area contributed by atoms with E-state index in [4.69, 9.17) is 9.47 Å². The molecule has 1 heterocycles. The lowest BCUT2D eigenvalue weighted by Crippen LogP contribution is -2.04. The van der Waals surface area contributed by atoms with Gasteiger partial charge < -0.3 is 14.6 Å². The molecule has 158 valence electrons. The summed E-state index contributed by atoms with van der Waals surface area (Å²) in [5.41, 5.74) is 2.43. The highest BCUT2D eigenvalue weighted by molar-refractivity contribution is 6.07. The summed E-state index contributed by atoms with van der Waals surface area (Å²) in [5, 5.41) is 23.2. The van der Waals surface area contributed by atoms with Crippen molar-refractivity contribution >= 4 is 21.5 Å². The van der Waals surface area contributed by atoms with Crippen LogP contribution in [0.15, 0.2) is 84.9 Å². The predicted molar refractivity (Wildman–Crippen MR) is 126 cm³/mol. The molecule has 5 heteroatoms. The summed E-state index contributed by atoms with van der Waals surface area (Å²) in [6, 6.07) is 27.4. The molecule has 5 nitrogen and oxygen atoms in total. The van der Waals surface area contributed by atoms with Crippen LogP contribution in [0.25, 0.3) is 32.8 Å². The molecule has 0 radical (unpaired) electrons. The molecule has 0 bridgehead atoms. The van der Waals surface area contributed by atoms with E-state index in [9.17, 15) is 5.11 Å². The minimum atomic E-state index is 0.142. The molecule has 5 rings (SSSR count). The molecule has 0 spiro atoms. The molecule has 1 aromatic heterocycles. The summed E-state index contributed by atoms with van der Waals surface area (Å²) in [6.45, 7) is 0.499. The van der Waals surface area contributed by atoms with E-state index in [-0.39, 0.29) is 5.75 Å². The molecule has 0 aliphatic carbocycles. The Labute approximate surface area is 185 Å².